The number of nitrogens with two attached hydrogens (primary N) is 1. The second kappa shape index (κ2) is 3.54. The maximum absolute atomic E-state index is 5.91. The topological polar surface area (TPSA) is 68.8 Å². The molecular formula is C9H13N5S. The van der Waals surface area contributed by atoms with Crippen LogP contribution in [-0.2, 0) is 7.05 Å². The zero-order valence-corrected chi connectivity index (χ0v) is 9.72. The number of thiophene rings is 1. The minimum Gasteiger partial charge on any atom is -0.390 e. The van der Waals surface area contributed by atoms with E-state index in [0.717, 1.165) is 22.3 Å². The fourth-order valence-electron chi connectivity index (χ4n) is 1.49. The van der Waals surface area contributed by atoms with Crippen LogP contribution in [0.4, 0.5) is 10.9 Å². The molecule has 80 valence electrons. The Labute approximate surface area is 91.9 Å². The van der Waals surface area contributed by atoms with Crippen LogP contribution in [0.15, 0.2) is 6.07 Å². The van der Waals surface area contributed by atoms with Gasteiger partial charge in [0.15, 0.2) is 5.82 Å². The molecule has 0 saturated heterocycles. The average Bonchev–Trinajstić information content (AvgIpc) is 2.69. The Bertz CT molecular complexity index is 485. The summed E-state index contributed by atoms with van der Waals surface area (Å²) in [5.74, 6) is 1.52. The van der Waals surface area contributed by atoms with Crippen molar-refractivity contribution in [2.45, 2.75) is 6.92 Å². The quantitative estimate of drug-likeness (QED) is 0.809. The van der Waals surface area contributed by atoms with E-state index in [9.17, 15) is 0 Å². The Kier molecular flexibility index (Phi) is 2.36. The van der Waals surface area contributed by atoms with Crippen LogP contribution in [0.25, 0.3) is 11.4 Å². The van der Waals surface area contributed by atoms with Crippen molar-refractivity contribution in [2.75, 3.05) is 18.1 Å². The van der Waals surface area contributed by atoms with Crippen LogP contribution in [0.1, 0.15) is 4.88 Å². The Morgan fingerprint density at radius 1 is 1.47 bits per heavy atom. The minimum absolute atomic E-state index is 0.730. The van der Waals surface area contributed by atoms with E-state index in [1.165, 1.54) is 4.88 Å². The lowest BCUT2D eigenvalue weighted by Gasteiger charge is -2.01. The first-order valence-electron chi connectivity index (χ1n) is 4.57. The molecule has 0 saturated carbocycles. The smallest absolute Gasteiger partial charge is 0.224 e. The van der Waals surface area contributed by atoms with Crippen molar-refractivity contribution < 1.29 is 0 Å². The standard InChI is InChI=1S/C9H13N5S/c1-5-4-6(7(10)15-5)8-12-13-9(11-2)14(8)3/h4H,10H2,1-3H3,(H,11,13). The largest absolute Gasteiger partial charge is 0.390 e. The molecule has 15 heavy (non-hydrogen) atoms. The van der Waals surface area contributed by atoms with Crippen LogP contribution in [-0.4, -0.2) is 21.8 Å². The molecule has 0 amide bonds. The van der Waals surface area contributed by atoms with Crippen molar-refractivity contribution in [3.63, 3.8) is 0 Å². The van der Waals surface area contributed by atoms with E-state index in [4.69, 9.17) is 5.73 Å². The van der Waals surface area contributed by atoms with Gasteiger partial charge in [-0.15, -0.1) is 21.5 Å². The third-order valence-corrected chi connectivity index (χ3v) is 3.10. The highest BCUT2D eigenvalue weighted by Gasteiger charge is 2.14. The molecule has 2 aromatic heterocycles. The number of anilines is 2. The zero-order chi connectivity index (χ0) is 11.0. The highest BCUT2D eigenvalue weighted by Crippen LogP contribution is 2.32. The molecular weight excluding hydrogens is 210 g/mol. The van der Waals surface area contributed by atoms with Gasteiger partial charge in [-0.25, -0.2) is 0 Å². The lowest BCUT2D eigenvalue weighted by atomic mass is 10.3. The van der Waals surface area contributed by atoms with E-state index in [1.54, 1.807) is 11.3 Å². The Morgan fingerprint density at radius 3 is 2.67 bits per heavy atom. The number of nitrogens with zero attached hydrogens (tertiary/aromatic N) is 3. The van der Waals surface area contributed by atoms with Gasteiger partial charge < -0.3 is 11.1 Å². The predicted molar refractivity (Wildman–Crippen MR) is 63.0 cm³/mol. The monoisotopic (exact) mass is 223 g/mol. The van der Waals surface area contributed by atoms with Crippen LogP contribution in [0.3, 0.4) is 0 Å². The summed E-state index contributed by atoms with van der Waals surface area (Å²) in [4.78, 5) is 1.18. The first-order chi connectivity index (χ1) is 7.13. The Balaban J connectivity index is 2.54. The number of hydrogen-bond donors (Lipinski definition) is 2. The van der Waals surface area contributed by atoms with Gasteiger partial charge in [0.05, 0.1) is 10.6 Å². The SMILES string of the molecule is CNc1nnc(-c2cc(C)sc2N)n1C. The van der Waals surface area contributed by atoms with Gasteiger partial charge in [-0.2, -0.15) is 0 Å². The van der Waals surface area contributed by atoms with Crippen LogP contribution < -0.4 is 11.1 Å². The molecule has 0 aliphatic rings. The van der Waals surface area contributed by atoms with Crippen molar-refractivity contribution in [1.29, 1.82) is 0 Å². The highest BCUT2D eigenvalue weighted by atomic mass is 32.1. The summed E-state index contributed by atoms with van der Waals surface area (Å²) in [7, 11) is 3.73. The fraction of sp³-hybridized carbons (Fsp3) is 0.333. The predicted octanol–water partition coefficient (Wildman–Crippen LogP) is 1.48. The number of nitrogens with one attached hydrogen (secondary N) is 1. The molecule has 0 spiro atoms. The molecule has 0 radical (unpaired) electrons. The average molecular weight is 223 g/mol. The summed E-state index contributed by atoms with van der Waals surface area (Å²) < 4.78 is 1.89. The number of hydrogen-bond acceptors (Lipinski definition) is 5. The summed E-state index contributed by atoms with van der Waals surface area (Å²) in [5, 5.41) is 11.9. The summed E-state index contributed by atoms with van der Waals surface area (Å²) >= 11 is 1.57. The van der Waals surface area contributed by atoms with Crippen molar-refractivity contribution in [3.8, 4) is 11.4 Å². The summed E-state index contributed by atoms with van der Waals surface area (Å²) in [6.45, 7) is 2.03. The van der Waals surface area contributed by atoms with Gasteiger partial charge in [-0.05, 0) is 13.0 Å². The maximum Gasteiger partial charge on any atom is 0.224 e. The molecule has 3 N–H and O–H groups in total. The summed E-state index contributed by atoms with van der Waals surface area (Å²) in [6, 6.07) is 2.03. The van der Waals surface area contributed by atoms with E-state index < -0.39 is 0 Å². The molecule has 0 atom stereocenters. The van der Waals surface area contributed by atoms with Crippen LogP contribution in [0.2, 0.25) is 0 Å². The van der Waals surface area contributed by atoms with Crippen LogP contribution in [0, 0.1) is 6.92 Å². The van der Waals surface area contributed by atoms with Crippen LogP contribution >= 0.6 is 11.3 Å². The van der Waals surface area contributed by atoms with Gasteiger partial charge in [-0.3, -0.25) is 4.57 Å². The molecule has 6 heteroatoms. The molecule has 2 aromatic rings. The van der Waals surface area contributed by atoms with E-state index >= 15 is 0 Å². The van der Waals surface area contributed by atoms with E-state index in [0.29, 0.717) is 0 Å². The van der Waals surface area contributed by atoms with Gasteiger partial charge in [0, 0.05) is 19.0 Å². The van der Waals surface area contributed by atoms with Gasteiger partial charge in [0.2, 0.25) is 5.95 Å². The summed E-state index contributed by atoms with van der Waals surface area (Å²) in [6.07, 6.45) is 0. The molecule has 0 aliphatic carbocycles. The molecule has 0 unspecified atom stereocenters. The minimum atomic E-state index is 0.730. The first-order valence-corrected chi connectivity index (χ1v) is 5.38. The maximum atomic E-state index is 5.91. The molecule has 2 rings (SSSR count). The van der Waals surface area contributed by atoms with Crippen molar-refractivity contribution in [2.24, 2.45) is 7.05 Å². The molecule has 0 aliphatic heterocycles. The van der Waals surface area contributed by atoms with E-state index in [2.05, 4.69) is 15.5 Å². The van der Waals surface area contributed by atoms with Crippen molar-refractivity contribution in [1.82, 2.24) is 14.8 Å². The highest BCUT2D eigenvalue weighted by molar-refractivity contribution is 7.16. The number of nitrogen functional groups attached to an aromatic ring is 1. The van der Waals surface area contributed by atoms with Crippen molar-refractivity contribution >= 4 is 22.3 Å². The third-order valence-electron chi connectivity index (χ3n) is 2.22. The van der Waals surface area contributed by atoms with Gasteiger partial charge in [0.25, 0.3) is 0 Å². The van der Waals surface area contributed by atoms with Gasteiger partial charge >= 0.3 is 0 Å². The van der Waals surface area contributed by atoms with E-state index in [1.807, 2.05) is 31.7 Å². The third kappa shape index (κ3) is 1.56. The first kappa shape index (κ1) is 9.97. The van der Waals surface area contributed by atoms with Crippen LogP contribution in [0.5, 0.6) is 0 Å². The molecule has 0 aromatic carbocycles. The number of aryl methyl sites for hydroxylation is 1. The normalized spacial score (nSPS) is 10.6. The fourth-order valence-corrected chi connectivity index (χ4v) is 2.27. The van der Waals surface area contributed by atoms with Crippen molar-refractivity contribution in [3.05, 3.63) is 10.9 Å². The van der Waals surface area contributed by atoms with E-state index in [-0.39, 0.29) is 0 Å². The lowest BCUT2D eigenvalue weighted by molar-refractivity contribution is 0.926. The second-order valence-electron chi connectivity index (χ2n) is 3.29. The second-order valence-corrected chi connectivity index (χ2v) is 4.58. The molecule has 0 fully saturated rings. The van der Waals surface area contributed by atoms with Gasteiger partial charge in [-0.1, -0.05) is 0 Å². The lowest BCUT2D eigenvalue weighted by Crippen LogP contribution is -2.00. The molecule has 2 heterocycles. The molecule has 5 nitrogen and oxygen atoms in total. The molecule has 0 bridgehead atoms. The Hall–Kier alpha value is -1.56. The number of aromatic nitrogens is 3. The number of rotatable bonds is 2. The zero-order valence-electron chi connectivity index (χ0n) is 8.90. The Morgan fingerprint density at radius 2 is 2.20 bits per heavy atom. The van der Waals surface area contributed by atoms with Gasteiger partial charge in [0.1, 0.15) is 0 Å². The summed E-state index contributed by atoms with van der Waals surface area (Å²) in [5.41, 5.74) is 6.86.